The van der Waals surface area contributed by atoms with Gasteiger partial charge in [-0.2, -0.15) is 0 Å². The van der Waals surface area contributed by atoms with Gasteiger partial charge in [0.25, 0.3) is 0 Å². The smallest absolute Gasteiger partial charge is 0.340 e. The van der Waals surface area contributed by atoms with Gasteiger partial charge in [0.1, 0.15) is 0 Å². The van der Waals surface area contributed by atoms with Crippen molar-refractivity contribution in [3.05, 3.63) is 89.7 Å². The number of carbonyl (C=O) groups excluding carboxylic acids is 2. The minimum absolute atomic E-state index is 0.133. The number of ether oxygens (including phenoxy) is 1. The fourth-order valence-corrected chi connectivity index (χ4v) is 3.24. The van der Waals surface area contributed by atoms with Gasteiger partial charge in [-0.15, -0.1) is 0 Å². The Bertz CT molecular complexity index is 1130. The maximum absolute atomic E-state index is 13.0. The van der Waals surface area contributed by atoms with Crippen molar-refractivity contribution in [2.75, 3.05) is 6.61 Å². The van der Waals surface area contributed by atoms with E-state index < -0.39 is 5.97 Å². The van der Waals surface area contributed by atoms with Gasteiger partial charge in [-0.1, -0.05) is 54.6 Å². The van der Waals surface area contributed by atoms with Gasteiger partial charge >= 0.3 is 5.97 Å². The maximum Gasteiger partial charge on any atom is 0.340 e. The molecule has 0 fully saturated rings. The summed E-state index contributed by atoms with van der Waals surface area (Å²) in [5, 5.41) is 1.91. The van der Waals surface area contributed by atoms with E-state index in [1.54, 1.807) is 29.5 Å². The quantitative estimate of drug-likeness (QED) is 0.405. The van der Waals surface area contributed by atoms with Crippen LogP contribution in [-0.2, 0) is 4.74 Å². The van der Waals surface area contributed by atoms with Crippen LogP contribution in [0.2, 0.25) is 0 Å². The molecule has 0 N–H and O–H groups in total. The summed E-state index contributed by atoms with van der Waals surface area (Å²) in [7, 11) is 0. The third-order valence-corrected chi connectivity index (χ3v) is 4.42. The van der Waals surface area contributed by atoms with Crippen LogP contribution in [0.1, 0.15) is 33.3 Å². The van der Waals surface area contributed by atoms with Crippen LogP contribution in [0.4, 0.5) is 0 Å². The zero-order chi connectivity index (χ0) is 18.1. The number of esters is 1. The summed E-state index contributed by atoms with van der Waals surface area (Å²) < 4.78 is 7.00. The standard InChI is InChI=1S/C22H17NO3/c1-2-26-22(25)18-14-19(21(24)16-9-4-3-5-10-16)23-13-12-15-8-6-7-11-17(15)20(18)23/h3-14H,2H2,1H3. The van der Waals surface area contributed by atoms with Crippen LogP contribution in [0.15, 0.2) is 72.9 Å². The van der Waals surface area contributed by atoms with E-state index >= 15 is 0 Å². The molecule has 4 nitrogen and oxygen atoms in total. The van der Waals surface area contributed by atoms with Crippen LogP contribution in [0, 0.1) is 0 Å². The van der Waals surface area contributed by atoms with E-state index in [0.717, 1.165) is 10.8 Å². The third-order valence-electron chi connectivity index (χ3n) is 4.42. The molecule has 0 aliphatic carbocycles. The van der Waals surface area contributed by atoms with Gasteiger partial charge in [-0.3, -0.25) is 4.79 Å². The molecule has 26 heavy (non-hydrogen) atoms. The molecule has 4 aromatic rings. The van der Waals surface area contributed by atoms with Gasteiger partial charge < -0.3 is 9.14 Å². The first kappa shape index (κ1) is 16.1. The first-order chi connectivity index (χ1) is 12.7. The van der Waals surface area contributed by atoms with Gasteiger partial charge in [0.2, 0.25) is 5.78 Å². The minimum Gasteiger partial charge on any atom is -0.462 e. The number of ketones is 1. The van der Waals surface area contributed by atoms with E-state index in [4.69, 9.17) is 4.74 Å². The largest absolute Gasteiger partial charge is 0.462 e. The molecule has 128 valence electrons. The van der Waals surface area contributed by atoms with Gasteiger partial charge in [0.05, 0.1) is 23.4 Å². The summed E-state index contributed by atoms with van der Waals surface area (Å²) in [6, 6.07) is 20.4. The lowest BCUT2D eigenvalue weighted by Gasteiger charge is -2.06. The lowest BCUT2D eigenvalue weighted by molar-refractivity contribution is 0.0529. The first-order valence-electron chi connectivity index (χ1n) is 8.50. The lowest BCUT2D eigenvalue weighted by Crippen LogP contribution is -2.04. The van der Waals surface area contributed by atoms with Crippen molar-refractivity contribution in [3.8, 4) is 0 Å². The van der Waals surface area contributed by atoms with Crippen molar-refractivity contribution in [2.24, 2.45) is 0 Å². The second kappa shape index (κ2) is 6.48. The molecule has 0 bridgehead atoms. The normalized spacial score (nSPS) is 11.0. The molecule has 2 heterocycles. The molecule has 0 atom stereocenters. The Morgan fingerprint density at radius 2 is 1.69 bits per heavy atom. The average molecular weight is 343 g/mol. The van der Waals surface area contributed by atoms with E-state index in [0.29, 0.717) is 22.3 Å². The number of fused-ring (bicyclic) bond motifs is 3. The molecule has 0 radical (unpaired) electrons. The van der Waals surface area contributed by atoms with Gasteiger partial charge in [-0.05, 0) is 24.4 Å². The number of carbonyl (C=O) groups is 2. The molecule has 0 amide bonds. The molecule has 0 unspecified atom stereocenters. The van der Waals surface area contributed by atoms with Gasteiger partial charge in [0, 0.05) is 17.1 Å². The highest BCUT2D eigenvalue weighted by molar-refractivity contribution is 6.14. The SMILES string of the molecule is CCOC(=O)c1cc(C(=O)c2ccccc2)n2ccc3ccccc3c12. The average Bonchev–Trinajstić information content (AvgIpc) is 3.08. The fourth-order valence-electron chi connectivity index (χ4n) is 3.24. The number of pyridine rings is 1. The molecule has 0 aliphatic heterocycles. The number of hydrogen-bond acceptors (Lipinski definition) is 3. The molecule has 2 aromatic carbocycles. The van der Waals surface area contributed by atoms with Crippen LogP contribution in [0.3, 0.4) is 0 Å². The van der Waals surface area contributed by atoms with Crippen LogP contribution >= 0.6 is 0 Å². The molecule has 2 aromatic heterocycles. The second-order valence-corrected chi connectivity index (χ2v) is 5.98. The highest BCUT2D eigenvalue weighted by atomic mass is 16.5. The Hall–Kier alpha value is -3.40. The Morgan fingerprint density at radius 3 is 2.46 bits per heavy atom. The predicted molar refractivity (Wildman–Crippen MR) is 101 cm³/mol. The van der Waals surface area contributed by atoms with Crippen LogP contribution in [0.5, 0.6) is 0 Å². The number of benzene rings is 2. The highest BCUT2D eigenvalue weighted by Gasteiger charge is 2.22. The Morgan fingerprint density at radius 1 is 0.962 bits per heavy atom. The van der Waals surface area contributed by atoms with Crippen molar-refractivity contribution in [1.82, 2.24) is 4.40 Å². The molecule has 0 saturated carbocycles. The Balaban J connectivity index is 2.02. The lowest BCUT2D eigenvalue weighted by atomic mass is 10.1. The zero-order valence-corrected chi connectivity index (χ0v) is 14.3. The van der Waals surface area contributed by atoms with E-state index in [1.807, 2.05) is 54.7 Å². The summed E-state index contributed by atoms with van der Waals surface area (Å²) in [5.41, 5.74) is 2.12. The summed E-state index contributed by atoms with van der Waals surface area (Å²) >= 11 is 0. The summed E-state index contributed by atoms with van der Waals surface area (Å²) in [6.07, 6.45) is 1.83. The Labute approximate surface area is 150 Å². The molecule has 0 spiro atoms. The van der Waals surface area contributed by atoms with E-state index in [1.165, 1.54) is 0 Å². The van der Waals surface area contributed by atoms with Crippen molar-refractivity contribution in [3.63, 3.8) is 0 Å². The topological polar surface area (TPSA) is 47.8 Å². The van der Waals surface area contributed by atoms with E-state index in [2.05, 4.69) is 0 Å². The summed E-state index contributed by atoms with van der Waals surface area (Å²) in [4.78, 5) is 25.5. The molecular weight excluding hydrogens is 326 g/mol. The van der Waals surface area contributed by atoms with Crippen LogP contribution < -0.4 is 0 Å². The fraction of sp³-hybridized carbons (Fsp3) is 0.0909. The predicted octanol–water partition coefficient (Wildman–Crippen LogP) is 4.50. The van der Waals surface area contributed by atoms with Crippen LogP contribution in [0.25, 0.3) is 16.3 Å². The zero-order valence-electron chi connectivity index (χ0n) is 14.3. The van der Waals surface area contributed by atoms with E-state index in [-0.39, 0.29) is 12.4 Å². The molecule has 0 aliphatic rings. The van der Waals surface area contributed by atoms with Crippen molar-refractivity contribution in [2.45, 2.75) is 6.92 Å². The monoisotopic (exact) mass is 343 g/mol. The highest BCUT2D eigenvalue weighted by Crippen LogP contribution is 2.28. The summed E-state index contributed by atoms with van der Waals surface area (Å²) in [5.74, 6) is -0.556. The van der Waals surface area contributed by atoms with Crippen molar-refractivity contribution < 1.29 is 14.3 Å². The number of aromatic nitrogens is 1. The molecule has 0 saturated heterocycles. The third kappa shape index (κ3) is 2.56. The van der Waals surface area contributed by atoms with Crippen molar-refractivity contribution >= 4 is 28.0 Å². The Kier molecular flexibility index (Phi) is 4.01. The summed E-state index contributed by atoms with van der Waals surface area (Å²) in [6.45, 7) is 2.05. The minimum atomic E-state index is -0.423. The number of hydrogen-bond donors (Lipinski definition) is 0. The number of nitrogens with zero attached hydrogens (tertiary/aromatic N) is 1. The van der Waals surface area contributed by atoms with E-state index in [9.17, 15) is 9.59 Å². The van der Waals surface area contributed by atoms with Crippen molar-refractivity contribution in [1.29, 1.82) is 0 Å². The van der Waals surface area contributed by atoms with Gasteiger partial charge in [-0.25, -0.2) is 4.79 Å². The molecular formula is C22H17NO3. The number of rotatable bonds is 4. The second-order valence-electron chi connectivity index (χ2n) is 5.98. The first-order valence-corrected chi connectivity index (χ1v) is 8.50. The maximum atomic E-state index is 13.0. The van der Waals surface area contributed by atoms with Crippen LogP contribution in [-0.4, -0.2) is 22.8 Å². The molecule has 4 heteroatoms. The van der Waals surface area contributed by atoms with Gasteiger partial charge in [0.15, 0.2) is 0 Å². The molecule has 4 rings (SSSR count).